The number of pyridine rings is 1. The number of rotatable bonds is 5. The number of H-pyrrole nitrogens is 1. The van der Waals surface area contributed by atoms with Crippen molar-refractivity contribution in [2.75, 3.05) is 13.2 Å². The van der Waals surface area contributed by atoms with E-state index < -0.39 is 0 Å². The first-order valence-corrected chi connectivity index (χ1v) is 9.07. The first kappa shape index (κ1) is 17.5. The number of hydrogen-bond acceptors (Lipinski definition) is 5. The van der Waals surface area contributed by atoms with Gasteiger partial charge in [-0.2, -0.15) is 5.10 Å². The summed E-state index contributed by atoms with van der Waals surface area (Å²) in [4.78, 5) is 16.8. The monoisotopic (exact) mass is 366 g/mol. The standard InChI is InChI=1S/C20H22N4O3/c1-13-6-7-14(11-21-13)27-19-12-26-9-8-17(19)22-20(25)10-18-15-4-2-3-5-16(15)23-24-18/h2-7,11,17,19H,8-10,12H2,1H3,(H,22,25)(H,23,24)/t17-,19+/m0/s1. The van der Waals surface area contributed by atoms with Gasteiger partial charge >= 0.3 is 0 Å². The Bertz CT molecular complexity index is 922. The van der Waals surface area contributed by atoms with Gasteiger partial charge in [0.2, 0.25) is 5.91 Å². The minimum absolute atomic E-state index is 0.0630. The van der Waals surface area contributed by atoms with Crippen molar-refractivity contribution in [3.63, 3.8) is 0 Å². The topological polar surface area (TPSA) is 89.1 Å². The average molecular weight is 366 g/mol. The molecule has 0 aliphatic carbocycles. The van der Waals surface area contributed by atoms with Crippen molar-refractivity contribution < 1.29 is 14.3 Å². The van der Waals surface area contributed by atoms with E-state index in [9.17, 15) is 4.79 Å². The van der Waals surface area contributed by atoms with Crippen molar-refractivity contribution in [1.29, 1.82) is 0 Å². The first-order chi connectivity index (χ1) is 13.2. The third-order valence-corrected chi connectivity index (χ3v) is 4.70. The molecule has 1 amide bonds. The number of aromatic nitrogens is 3. The van der Waals surface area contributed by atoms with Gasteiger partial charge in [0, 0.05) is 17.7 Å². The maximum absolute atomic E-state index is 12.6. The van der Waals surface area contributed by atoms with E-state index in [0.717, 1.165) is 22.3 Å². The highest BCUT2D eigenvalue weighted by atomic mass is 16.5. The molecule has 0 radical (unpaired) electrons. The molecular formula is C20H22N4O3. The largest absolute Gasteiger partial charge is 0.484 e. The van der Waals surface area contributed by atoms with E-state index >= 15 is 0 Å². The van der Waals surface area contributed by atoms with Crippen LogP contribution in [0.1, 0.15) is 17.8 Å². The molecule has 1 fully saturated rings. The number of fused-ring (bicyclic) bond motifs is 1. The van der Waals surface area contributed by atoms with Crippen molar-refractivity contribution in [2.45, 2.75) is 31.9 Å². The molecule has 7 nitrogen and oxygen atoms in total. The zero-order chi connectivity index (χ0) is 18.6. The summed E-state index contributed by atoms with van der Waals surface area (Å²) >= 11 is 0. The van der Waals surface area contributed by atoms with Gasteiger partial charge in [-0.25, -0.2) is 0 Å². The SMILES string of the molecule is Cc1ccc(O[C@@H]2COCC[C@@H]2NC(=O)Cc2[nH]nc3ccccc23)cn1. The Morgan fingerprint density at radius 2 is 2.22 bits per heavy atom. The maximum atomic E-state index is 12.6. The smallest absolute Gasteiger partial charge is 0.226 e. The molecule has 7 heteroatoms. The molecule has 2 N–H and O–H groups in total. The van der Waals surface area contributed by atoms with Gasteiger partial charge in [-0.1, -0.05) is 18.2 Å². The van der Waals surface area contributed by atoms with Gasteiger partial charge in [0.1, 0.15) is 11.9 Å². The van der Waals surface area contributed by atoms with Gasteiger partial charge in [0.15, 0.2) is 0 Å². The maximum Gasteiger partial charge on any atom is 0.226 e. The summed E-state index contributed by atoms with van der Waals surface area (Å²) in [5.74, 6) is 0.613. The molecule has 0 spiro atoms. The van der Waals surface area contributed by atoms with Crippen molar-refractivity contribution in [3.05, 3.63) is 54.0 Å². The lowest BCUT2D eigenvalue weighted by Crippen LogP contribution is -2.51. The molecule has 1 aromatic carbocycles. The highest BCUT2D eigenvalue weighted by Gasteiger charge is 2.29. The average Bonchev–Trinajstić information content (AvgIpc) is 3.08. The molecule has 2 aromatic heterocycles. The summed E-state index contributed by atoms with van der Waals surface area (Å²) in [6.45, 7) is 2.96. The van der Waals surface area contributed by atoms with Gasteiger partial charge in [0.05, 0.1) is 36.5 Å². The summed E-state index contributed by atoms with van der Waals surface area (Å²) in [5, 5.41) is 11.3. The summed E-state index contributed by atoms with van der Waals surface area (Å²) in [6.07, 6.45) is 2.40. The second-order valence-corrected chi connectivity index (χ2v) is 6.73. The Morgan fingerprint density at radius 1 is 1.33 bits per heavy atom. The number of carbonyl (C=O) groups is 1. The zero-order valence-corrected chi connectivity index (χ0v) is 15.1. The molecule has 4 rings (SSSR count). The number of hydrogen-bond donors (Lipinski definition) is 2. The van der Waals surface area contributed by atoms with Crippen LogP contribution in [0.4, 0.5) is 0 Å². The quantitative estimate of drug-likeness (QED) is 0.722. The van der Waals surface area contributed by atoms with Gasteiger partial charge in [-0.3, -0.25) is 14.9 Å². The summed E-state index contributed by atoms with van der Waals surface area (Å²) < 4.78 is 11.5. The number of aryl methyl sites for hydroxylation is 1. The molecule has 27 heavy (non-hydrogen) atoms. The molecule has 2 atom stereocenters. The van der Waals surface area contributed by atoms with E-state index in [0.29, 0.717) is 25.4 Å². The van der Waals surface area contributed by atoms with Crippen LogP contribution in [0.2, 0.25) is 0 Å². The summed E-state index contributed by atoms with van der Waals surface area (Å²) in [6, 6.07) is 11.4. The fourth-order valence-corrected chi connectivity index (χ4v) is 3.26. The minimum Gasteiger partial charge on any atom is -0.484 e. The van der Waals surface area contributed by atoms with Crippen LogP contribution in [0.25, 0.3) is 10.9 Å². The third kappa shape index (κ3) is 4.09. The minimum atomic E-state index is -0.245. The molecule has 1 saturated heterocycles. The molecule has 0 bridgehead atoms. The Balaban J connectivity index is 1.41. The van der Waals surface area contributed by atoms with Crippen LogP contribution >= 0.6 is 0 Å². The summed E-state index contributed by atoms with van der Waals surface area (Å²) in [5.41, 5.74) is 2.61. The van der Waals surface area contributed by atoms with E-state index in [1.54, 1.807) is 6.20 Å². The predicted octanol–water partition coefficient (Wildman–Crippen LogP) is 2.16. The molecule has 0 unspecified atom stereocenters. The number of amides is 1. The Kier molecular flexibility index (Phi) is 5.02. The van der Waals surface area contributed by atoms with Crippen LogP contribution in [0.5, 0.6) is 5.75 Å². The number of nitrogens with zero attached hydrogens (tertiary/aromatic N) is 2. The number of aromatic amines is 1. The molecule has 1 aliphatic rings. The van der Waals surface area contributed by atoms with Gasteiger partial charge in [-0.05, 0) is 31.5 Å². The predicted molar refractivity (Wildman–Crippen MR) is 101 cm³/mol. The van der Waals surface area contributed by atoms with Crippen LogP contribution in [0, 0.1) is 6.92 Å². The van der Waals surface area contributed by atoms with Gasteiger partial charge in [0.25, 0.3) is 0 Å². The molecule has 140 valence electrons. The van der Waals surface area contributed by atoms with E-state index in [1.807, 2.05) is 43.3 Å². The molecule has 1 aliphatic heterocycles. The van der Waals surface area contributed by atoms with E-state index in [1.165, 1.54) is 0 Å². The number of nitrogens with one attached hydrogen (secondary N) is 2. The number of carbonyl (C=O) groups excluding carboxylic acids is 1. The molecule has 3 heterocycles. The second kappa shape index (κ2) is 7.75. The van der Waals surface area contributed by atoms with Crippen LogP contribution in [-0.2, 0) is 16.0 Å². The van der Waals surface area contributed by atoms with Crippen molar-refractivity contribution >= 4 is 16.8 Å². The fourth-order valence-electron chi connectivity index (χ4n) is 3.26. The Hall–Kier alpha value is -2.93. The normalized spacial score (nSPS) is 19.7. The number of ether oxygens (including phenoxy) is 2. The molecule has 0 saturated carbocycles. The number of benzene rings is 1. The lowest BCUT2D eigenvalue weighted by Gasteiger charge is -2.32. The molecule has 3 aromatic rings. The lowest BCUT2D eigenvalue weighted by molar-refractivity contribution is -0.123. The van der Waals surface area contributed by atoms with E-state index in [-0.39, 0.29) is 24.5 Å². The van der Waals surface area contributed by atoms with Gasteiger partial charge in [-0.15, -0.1) is 0 Å². The van der Waals surface area contributed by atoms with Crippen LogP contribution < -0.4 is 10.1 Å². The molecular weight excluding hydrogens is 344 g/mol. The Morgan fingerprint density at radius 3 is 3.07 bits per heavy atom. The van der Waals surface area contributed by atoms with Crippen LogP contribution in [0.15, 0.2) is 42.6 Å². The number of para-hydroxylation sites is 1. The van der Waals surface area contributed by atoms with E-state index in [2.05, 4.69) is 20.5 Å². The van der Waals surface area contributed by atoms with E-state index in [4.69, 9.17) is 9.47 Å². The van der Waals surface area contributed by atoms with Crippen molar-refractivity contribution in [1.82, 2.24) is 20.5 Å². The van der Waals surface area contributed by atoms with Crippen LogP contribution in [0.3, 0.4) is 0 Å². The third-order valence-electron chi connectivity index (χ3n) is 4.70. The second-order valence-electron chi connectivity index (χ2n) is 6.73. The summed E-state index contributed by atoms with van der Waals surface area (Å²) in [7, 11) is 0. The lowest BCUT2D eigenvalue weighted by atomic mass is 10.1. The van der Waals surface area contributed by atoms with Crippen LogP contribution in [-0.4, -0.2) is 46.4 Å². The van der Waals surface area contributed by atoms with Gasteiger partial charge < -0.3 is 14.8 Å². The van der Waals surface area contributed by atoms with Crippen molar-refractivity contribution in [2.24, 2.45) is 0 Å². The van der Waals surface area contributed by atoms with Crippen molar-refractivity contribution in [3.8, 4) is 5.75 Å². The highest BCUT2D eigenvalue weighted by molar-refractivity contribution is 5.87. The fraction of sp³-hybridized carbons (Fsp3) is 0.350. The zero-order valence-electron chi connectivity index (χ0n) is 15.1. The Labute approximate surface area is 157 Å². The first-order valence-electron chi connectivity index (χ1n) is 9.07. The highest BCUT2D eigenvalue weighted by Crippen LogP contribution is 2.18.